The van der Waals surface area contributed by atoms with Crippen molar-refractivity contribution >= 4 is 32.7 Å². The van der Waals surface area contributed by atoms with E-state index >= 15 is 0 Å². The molecule has 7 rings (SSSR count). The van der Waals surface area contributed by atoms with E-state index in [9.17, 15) is 0 Å². The van der Waals surface area contributed by atoms with Crippen molar-refractivity contribution in [2.45, 2.75) is 0 Å². The number of pyridine rings is 2. The Labute approximate surface area is 227 Å². The molecule has 0 amide bonds. The number of furan rings is 1. The van der Waals surface area contributed by atoms with Gasteiger partial charge in [-0.3, -0.25) is 4.98 Å². The van der Waals surface area contributed by atoms with Crippen LogP contribution in [0.15, 0.2) is 114 Å². The summed E-state index contributed by atoms with van der Waals surface area (Å²) in [6.45, 7) is 0. The molecular weight excluding hydrogens is 639 g/mol. The quantitative estimate of drug-likeness (QED) is 0.179. The molecule has 0 bridgehead atoms. The molecule has 37 heavy (non-hydrogen) atoms. The van der Waals surface area contributed by atoms with Crippen LogP contribution in [0.5, 0.6) is 11.6 Å². The maximum atomic E-state index is 6.44. The van der Waals surface area contributed by atoms with E-state index in [0.717, 1.165) is 55.2 Å². The minimum absolute atomic E-state index is 0. The zero-order valence-corrected chi connectivity index (χ0v) is 21.7. The van der Waals surface area contributed by atoms with Crippen LogP contribution in [-0.4, -0.2) is 9.97 Å². The molecule has 5 heteroatoms. The summed E-state index contributed by atoms with van der Waals surface area (Å²) in [6, 6.07) is 40.2. The third kappa shape index (κ3) is 4.20. The van der Waals surface area contributed by atoms with Crippen LogP contribution in [0.3, 0.4) is 0 Å². The number of hydrogen-bond acceptors (Lipinski definition) is 4. The second kappa shape index (κ2) is 9.65. The average Bonchev–Trinajstić information content (AvgIpc) is 3.33. The first-order valence-corrected chi connectivity index (χ1v) is 11.7. The van der Waals surface area contributed by atoms with Crippen molar-refractivity contribution in [3.63, 3.8) is 0 Å². The Bertz CT molecular complexity index is 1880. The molecule has 0 saturated carbocycles. The molecule has 3 aromatic heterocycles. The minimum atomic E-state index is 0. The van der Waals surface area contributed by atoms with Crippen molar-refractivity contribution in [2.24, 2.45) is 0 Å². The topological polar surface area (TPSA) is 48.2 Å². The van der Waals surface area contributed by atoms with Gasteiger partial charge in [0.2, 0.25) is 5.88 Å². The maximum absolute atomic E-state index is 6.44. The summed E-state index contributed by atoms with van der Waals surface area (Å²) in [4.78, 5) is 9.29. The Balaban J connectivity index is 0.00000252. The van der Waals surface area contributed by atoms with Crippen molar-refractivity contribution in [1.82, 2.24) is 9.97 Å². The van der Waals surface area contributed by atoms with Crippen LogP contribution >= 0.6 is 0 Å². The summed E-state index contributed by atoms with van der Waals surface area (Å²) < 4.78 is 12.5. The molecular formula is C32H18N2O2Pt. The summed E-state index contributed by atoms with van der Waals surface area (Å²) in [7, 11) is 0. The fourth-order valence-electron chi connectivity index (χ4n) is 4.56. The van der Waals surface area contributed by atoms with Crippen LogP contribution in [0.4, 0.5) is 0 Å². The second-order valence-corrected chi connectivity index (χ2v) is 8.47. The summed E-state index contributed by atoms with van der Waals surface area (Å²) in [5, 5.41) is 4.32. The van der Waals surface area contributed by atoms with Gasteiger partial charge in [-0.05, 0) is 29.3 Å². The van der Waals surface area contributed by atoms with Crippen molar-refractivity contribution in [2.75, 3.05) is 0 Å². The van der Waals surface area contributed by atoms with Crippen molar-refractivity contribution in [3.05, 3.63) is 121 Å². The fourth-order valence-corrected chi connectivity index (χ4v) is 4.56. The van der Waals surface area contributed by atoms with Gasteiger partial charge in [0.15, 0.2) is 0 Å². The van der Waals surface area contributed by atoms with Gasteiger partial charge in [-0.25, -0.2) is 0 Å². The number of ether oxygens (including phenoxy) is 1. The predicted molar refractivity (Wildman–Crippen MR) is 142 cm³/mol. The number of benzene rings is 4. The molecule has 0 saturated heterocycles. The third-order valence-electron chi connectivity index (χ3n) is 6.22. The SMILES string of the molecule is [Pt+2].[c-]1ccccc1-c1cccc(Oc2[c-]c(-c3nccc4c3oc3c5ccccc5ccc43)ccc2)n1. The molecule has 0 unspecified atom stereocenters. The molecule has 4 aromatic carbocycles. The predicted octanol–water partition coefficient (Wildman–Crippen LogP) is 8.25. The van der Waals surface area contributed by atoms with Gasteiger partial charge in [0.05, 0.1) is 0 Å². The molecule has 0 spiro atoms. The van der Waals surface area contributed by atoms with Gasteiger partial charge in [-0.15, -0.1) is 59.7 Å². The molecule has 178 valence electrons. The third-order valence-corrected chi connectivity index (χ3v) is 6.22. The Morgan fingerprint density at radius 1 is 0.676 bits per heavy atom. The number of nitrogens with zero attached hydrogens (tertiary/aromatic N) is 2. The molecule has 0 aliphatic rings. The maximum Gasteiger partial charge on any atom is 2.00 e. The number of hydrogen-bond donors (Lipinski definition) is 0. The van der Waals surface area contributed by atoms with Crippen LogP contribution in [0.2, 0.25) is 0 Å². The first kappa shape index (κ1) is 23.1. The first-order valence-electron chi connectivity index (χ1n) is 11.7. The monoisotopic (exact) mass is 657 g/mol. The summed E-state index contributed by atoms with van der Waals surface area (Å²) >= 11 is 0. The number of aromatic nitrogens is 2. The van der Waals surface area contributed by atoms with Crippen molar-refractivity contribution in [3.8, 4) is 34.1 Å². The van der Waals surface area contributed by atoms with E-state index in [-0.39, 0.29) is 21.1 Å². The Morgan fingerprint density at radius 2 is 1.51 bits per heavy atom. The molecule has 0 atom stereocenters. The van der Waals surface area contributed by atoms with Gasteiger partial charge in [0.25, 0.3) is 0 Å². The van der Waals surface area contributed by atoms with E-state index in [0.29, 0.717) is 11.6 Å². The van der Waals surface area contributed by atoms with Crippen LogP contribution in [0.25, 0.3) is 55.2 Å². The van der Waals surface area contributed by atoms with Crippen LogP contribution in [0, 0.1) is 12.1 Å². The van der Waals surface area contributed by atoms with E-state index in [1.165, 1.54) is 0 Å². The first-order chi connectivity index (χ1) is 17.8. The Kier molecular flexibility index (Phi) is 6.03. The van der Waals surface area contributed by atoms with Crippen molar-refractivity contribution < 1.29 is 30.2 Å². The summed E-state index contributed by atoms with van der Waals surface area (Å²) in [6.07, 6.45) is 1.81. The molecule has 0 N–H and O–H groups in total. The average molecular weight is 658 g/mol. The van der Waals surface area contributed by atoms with Crippen molar-refractivity contribution in [1.29, 1.82) is 0 Å². The number of rotatable bonds is 4. The molecule has 0 aliphatic carbocycles. The summed E-state index contributed by atoms with van der Waals surface area (Å²) in [5.41, 5.74) is 4.81. The van der Waals surface area contributed by atoms with Crippen LogP contribution in [-0.2, 0) is 21.1 Å². The van der Waals surface area contributed by atoms with Crippen LogP contribution in [0.1, 0.15) is 0 Å². The largest absolute Gasteiger partial charge is 2.00 e. The second-order valence-electron chi connectivity index (χ2n) is 8.47. The standard InChI is InChI=1S/C32H18N2O2.Pt/c1-2-9-22(10-3-1)28-14-7-15-29(34-28)35-24-12-6-11-23(20-24)30-32-27(18-19-33-30)26-17-16-21-8-4-5-13-25(21)31(26)36-32;/h1-9,11-19H;/q-2;+2. The van der Waals surface area contributed by atoms with Gasteiger partial charge in [0.1, 0.15) is 11.2 Å². The fraction of sp³-hybridized carbons (Fsp3) is 0. The normalized spacial score (nSPS) is 11.0. The van der Waals surface area contributed by atoms with Crippen LogP contribution < -0.4 is 4.74 Å². The van der Waals surface area contributed by atoms with E-state index in [1.807, 2.05) is 85.1 Å². The van der Waals surface area contributed by atoms with Gasteiger partial charge < -0.3 is 14.1 Å². The van der Waals surface area contributed by atoms with E-state index in [4.69, 9.17) is 9.15 Å². The van der Waals surface area contributed by atoms with Gasteiger partial charge >= 0.3 is 21.1 Å². The molecule has 0 fully saturated rings. The molecule has 7 aromatic rings. The number of fused-ring (bicyclic) bond motifs is 5. The van der Waals surface area contributed by atoms with E-state index in [1.54, 1.807) is 0 Å². The Hall–Kier alpha value is -4.27. The Morgan fingerprint density at radius 3 is 2.43 bits per heavy atom. The van der Waals surface area contributed by atoms with E-state index < -0.39 is 0 Å². The zero-order valence-electron chi connectivity index (χ0n) is 19.4. The molecule has 0 radical (unpaired) electrons. The molecule has 0 aliphatic heterocycles. The zero-order chi connectivity index (χ0) is 23.9. The smallest absolute Gasteiger partial charge is 0.463 e. The van der Waals surface area contributed by atoms with E-state index in [2.05, 4.69) is 46.4 Å². The summed E-state index contributed by atoms with van der Waals surface area (Å²) in [5.74, 6) is 1.04. The van der Waals surface area contributed by atoms with Gasteiger partial charge in [-0.2, -0.15) is 0 Å². The molecule has 4 nitrogen and oxygen atoms in total. The molecule has 3 heterocycles. The van der Waals surface area contributed by atoms with Gasteiger partial charge in [-0.1, -0.05) is 48.5 Å². The van der Waals surface area contributed by atoms with Gasteiger partial charge in [0, 0.05) is 33.8 Å². The minimum Gasteiger partial charge on any atom is -0.463 e.